The Labute approximate surface area is 437 Å². The molecule has 2 aliphatic rings. The number of benzene rings is 4. The van der Waals surface area contributed by atoms with Gasteiger partial charge in [0.25, 0.3) is 0 Å². The van der Waals surface area contributed by atoms with Gasteiger partial charge in [-0.1, -0.05) is 80.1 Å². The molecule has 7 N–H and O–H groups in total. The number of nitrogens with one attached hydrogen (secondary N) is 5. The molecule has 17 heteroatoms. The minimum atomic E-state index is -0.714. The summed E-state index contributed by atoms with van der Waals surface area (Å²) in [6.45, 7) is 1.40. The first-order valence-corrected chi connectivity index (χ1v) is 26.0. The number of halogens is 3. The van der Waals surface area contributed by atoms with E-state index in [0.717, 1.165) is 94.6 Å². The monoisotopic (exact) mass is 1030 g/mol. The Morgan fingerprint density at radius 2 is 1.55 bits per heavy atom. The van der Waals surface area contributed by atoms with Crippen LogP contribution in [0, 0.1) is 11.6 Å². The lowest BCUT2D eigenvalue weighted by Gasteiger charge is -2.29. The fourth-order valence-electron chi connectivity index (χ4n) is 9.54. The normalized spacial score (nSPS) is 15.8. The number of likely N-dealkylation sites (N-methyl/N-ethyl adjacent to an activating group) is 1. The van der Waals surface area contributed by atoms with Gasteiger partial charge in [-0.15, -0.1) is 0 Å². The highest BCUT2D eigenvalue weighted by molar-refractivity contribution is 6.31. The highest BCUT2D eigenvalue weighted by atomic mass is 35.5. The van der Waals surface area contributed by atoms with Gasteiger partial charge >= 0.3 is 0 Å². The van der Waals surface area contributed by atoms with Crippen LogP contribution in [0.2, 0.25) is 5.02 Å². The number of nitrogens with two attached hydrogens (primary N) is 1. The minimum Gasteiger partial charge on any atom is -0.397 e. The predicted octanol–water partition coefficient (Wildman–Crippen LogP) is 10.0. The van der Waals surface area contributed by atoms with E-state index in [9.17, 15) is 28.0 Å². The van der Waals surface area contributed by atoms with Crippen molar-refractivity contribution in [3.8, 4) is 11.3 Å². The largest absolute Gasteiger partial charge is 0.397 e. The van der Waals surface area contributed by atoms with Crippen molar-refractivity contribution >= 4 is 64.7 Å². The van der Waals surface area contributed by atoms with Crippen molar-refractivity contribution in [2.24, 2.45) is 10.7 Å². The fraction of sp³-hybridized carbons (Fsp3) is 0.386. The topological polar surface area (TPSA) is 196 Å². The predicted molar refractivity (Wildman–Crippen MR) is 289 cm³/mol. The number of anilines is 3. The summed E-state index contributed by atoms with van der Waals surface area (Å²) in [5.74, 6) is -1.33. The molecule has 1 aliphatic heterocycles. The van der Waals surface area contributed by atoms with E-state index in [4.69, 9.17) is 22.3 Å². The number of carbonyl (C=O) groups excluding carboxylic acids is 4. The van der Waals surface area contributed by atoms with E-state index in [0.29, 0.717) is 80.8 Å². The smallest absolute Gasteiger partial charge is 0.227 e. The molecule has 1 aromatic heterocycles. The Bertz CT molecular complexity index is 2780. The van der Waals surface area contributed by atoms with Crippen LogP contribution in [-0.4, -0.2) is 83.7 Å². The number of carbonyl (C=O) groups is 4. The molecule has 0 saturated heterocycles. The second kappa shape index (κ2) is 27.4. The van der Waals surface area contributed by atoms with Crippen molar-refractivity contribution < 1.29 is 28.0 Å². The van der Waals surface area contributed by atoms with Crippen molar-refractivity contribution in [2.75, 3.05) is 31.3 Å². The molecule has 1 atom stereocenters. The van der Waals surface area contributed by atoms with E-state index in [2.05, 4.69) is 36.6 Å². The molecule has 0 spiro atoms. The molecule has 2 heterocycles. The third-order valence-corrected chi connectivity index (χ3v) is 14.1. The number of unbranched alkanes of at least 4 members (excludes halogenated alkanes) is 6. The van der Waals surface area contributed by atoms with Gasteiger partial charge in [0.1, 0.15) is 24.2 Å². The lowest BCUT2D eigenvalue weighted by Crippen LogP contribution is -2.39. The third-order valence-electron chi connectivity index (χ3n) is 13.8. The highest BCUT2D eigenvalue weighted by Gasteiger charge is 2.26. The summed E-state index contributed by atoms with van der Waals surface area (Å²) in [7, 11) is 3.32. The molecule has 0 radical (unpaired) electrons. The Morgan fingerprint density at radius 3 is 2.27 bits per heavy atom. The minimum absolute atomic E-state index is 0.105. The van der Waals surface area contributed by atoms with Crippen LogP contribution >= 0.6 is 11.6 Å². The lowest BCUT2D eigenvalue weighted by molar-refractivity contribution is -0.121. The summed E-state index contributed by atoms with van der Waals surface area (Å²) >= 11 is 6.38. The SMILES string of the molecule is CNC(=O)CCC(C=O)N(C)Cc1c(C=O)cccc1NC(=O)CCCCCCCCCN[C@H]1CC[C@@H](N/C=C(\N)c2ccc(Nc3ncc4c(n3)-c3ccc(Cl)cc3C(c3c(F)cccc3F)=NC4)cc2)CC1. The van der Waals surface area contributed by atoms with Crippen LogP contribution in [0.1, 0.15) is 128 Å². The van der Waals surface area contributed by atoms with Crippen LogP contribution in [0.3, 0.4) is 0 Å². The quantitative estimate of drug-likeness (QED) is 0.0228. The number of rotatable bonds is 26. The average Bonchev–Trinajstić information content (AvgIpc) is 3.55. The summed E-state index contributed by atoms with van der Waals surface area (Å²) in [4.78, 5) is 64.1. The van der Waals surface area contributed by atoms with Crippen LogP contribution in [0.25, 0.3) is 17.0 Å². The Balaban J connectivity index is 0.762. The number of hydrogen-bond acceptors (Lipinski definition) is 12. The lowest BCUT2D eigenvalue weighted by atomic mass is 9.91. The van der Waals surface area contributed by atoms with Gasteiger partial charge in [-0.25, -0.2) is 18.7 Å². The molecule has 5 aromatic rings. The van der Waals surface area contributed by atoms with Gasteiger partial charge in [-0.05, 0) is 107 Å². The number of fused-ring (bicyclic) bond motifs is 3. The van der Waals surface area contributed by atoms with Gasteiger partial charge in [0, 0.05) is 95.1 Å². The molecular weight excluding hydrogens is 962 g/mol. The third kappa shape index (κ3) is 15.1. The zero-order chi connectivity index (χ0) is 52.4. The zero-order valence-electron chi connectivity index (χ0n) is 42.2. The number of hydrogen-bond donors (Lipinski definition) is 6. The summed E-state index contributed by atoms with van der Waals surface area (Å²) in [6, 6.07) is 22.1. The van der Waals surface area contributed by atoms with Crippen LogP contribution in [0.15, 0.2) is 96.3 Å². The number of aldehydes is 2. The summed E-state index contributed by atoms with van der Waals surface area (Å²) in [6.07, 6.45) is 17.8. The maximum absolute atomic E-state index is 15.0. The molecule has 1 aliphatic carbocycles. The highest BCUT2D eigenvalue weighted by Crippen LogP contribution is 2.35. The first-order valence-electron chi connectivity index (χ1n) is 25.6. The number of amides is 2. The summed E-state index contributed by atoms with van der Waals surface area (Å²) in [5, 5.41) is 16.5. The van der Waals surface area contributed by atoms with Gasteiger partial charge in [0.05, 0.1) is 35.3 Å². The van der Waals surface area contributed by atoms with Gasteiger partial charge in [-0.3, -0.25) is 24.3 Å². The molecule has 390 valence electrons. The van der Waals surface area contributed by atoms with E-state index in [1.807, 2.05) is 30.5 Å². The maximum atomic E-state index is 15.0. The molecule has 0 bridgehead atoms. The van der Waals surface area contributed by atoms with E-state index in [1.54, 1.807) is 61.6 Å². The van der Waals surface area contributed by atoms with Crippen LogP contribution < -0.4 is 32.3 Å². The van der Waals surface area contributed by atoms with E-state index < -0.39 is 17.7 Å². The van der Waals surface area contributed by atoms with Crippen LogP contribution in [0.5, 0.6) is 0 Å². The van der Waals surface area contributed by atoms with Gasteiger partial charge in [0.15, 0.2) is 0 Å². The van der Waals surface area contributed by atoms with Gasteiger partial charge in [-0.2, -0.15) is 0 Å². The standard InChI is InChI=1S/C57H67ClF2N10O4/c1-62-52(73)28-26-44(36-72)70(2)34-47-38(35-71)12-10-15-51(47)68-53(74)16-8-6-4-3-5-7-9-29-63-41-22-24-42(25-23-41)64-33-50(61)37-17-20-43(21-18-37)67-57-66-32-39-31-65-56(54-48(59)13-11-14-49(54)60)46-30-40(58)19-27-45(46)55(39)69-57/h10-15,17-21,27,30,32-33,35-36,41-42,44,63-64H,3-9,16,22-26,28-29,31,34,61H2,1-2H3,(H,62,73)(H,68,74)(H,66,67,69)/b50-33-/t41-,42+,44?. The number of aromatic nitrogens is 2. The second-order valence-corrected chi connectivity index (χ2v) is 19.5. The molecular formula is C57H67ClF2N10O4. The van der Waals surface area contributed by atoms with Crippen molar-refractivity contribution in [1.82, 2.24) is 30.8 Å². The molecule has 2 amide bonds. The molecule has 1 unspecified atom stereocenters. The molecule has 74 heavy (non-hydrogen) atoms. The van der Waals surface area contributed by atoms with Crippen molar-refractivity contribution in [3.63, 3.8) is 0 Å². The van der Waals surface area contributed by atoms with Crippen molar-refractivity contribution in [1.29, 1.82) is 0 Å². The van der Waals surface area contributed by atoms with Crippen LogP contribution in [0.4, 0.5) is 26.1 Å². The second-order valence-electron chi connectivity index (χ2n) is 19.1. The fourth-order valence-corrected chi connectivity index (χ4v) is 9.71. The van der Waals surface area contributed by atoms with Crippen molar-refractivity contribution in [2.45, 2.75) is 121 Å². The Hall–Kier alpha value is -6.88. The van der Waals surface area contributed by atoms with E-state index >= 15 is 0 Å². The average molecular weight is 1030 g/mol. The van der Waals surface area contributed by atoms with E-state index in [-0.39, 0.29) is 42.6 Å². The first kappa shape index (κ1) is 54.9. The molecule has 1 fully saturated rings. The van der Waals surface area contributed by atoms with E-state index in [1.165, 1.54) is 24.6 Å². The summed E-state index contributed by atoms with van der Waals surface area (Å²) in [5.41, 5.74) is 12.8. The Kier molecular flexibility index (Phi) is 20.3. The van der Waals surface area contributed by atoms with Crippen molar-refractivity contribution in [3.05, 3.63) is 141 Å². The first-order chi connectivity index (χ1) is 35.9. The van der Waals surface area contributed by atoms with Gasteiger partial charge < -0.3 is 37.1 Å². The molecule has 1 saturated carbocycles. The molecule has 4 aromatic carbocycles. The number of nitrogens with zero attached hydrogens (tertiary/aromatic N) is 4. The van der Waals surface area contributed by atoms with Crippen LogP contribution in [-0.2, 0) is 27.5 Å². The number of aliphatic imine (C=N–C) groups is 1. The maximum Gasteiger partial charge on any atom is 0.227 e. The Morgan fingerprint density at radius 1 is 0.851 bits per heavy atom. The van der Waals surface area contributed by atoms with Gasteiger partial charge in [0.2, 0.25) is 17.8 Å². The zero-order valence-corrected chi connectivity index (χ0v) is 43.0. The summed E-state index contributed by atoms with van der Waals surface area (Å²) < 4.78 is 30.0. The molecule has 7 rings (SSSR count). The molecule has 14 nitrogen and oxygen atoms in total.